The number of aromatic nitrogens is 1. The molecule has 1 heterocycles. The van der Waals surface area contributed by atoms with E-state index in [1.54, 1.807) is 18.0 Å². The first-order valence-electron chi connectivity index (χ1n) is 7.15. The van der Waals surface area contributed by atoms with E-state index in [-0.39, 0.29) is 0 Å². The largest absolute Gasteiger partial charge is 0.457 e. The maximum atomic E-state index is 5.87. The van der Waals surface area contributed by atoms with Gasteiger partial charge in [0.1, 0.15) is 11.5 Å². The van der Waals surface area contributed by atoms with E-state index in [9.17, 15) is 0 Å². The second-order valence-corrected chi connectivity index (χ2v) is 6.16. The smallest absolute Gasteiger partial charge is 0.130 e. The van der Waals surface area contributed by atoms with Crippen LogP contribution >= 0.6 is 11.8 Å². The van der Waals surface area contributed by atoms with Gasteiger partial charge in [0.05, 0.1) is 5.69 Å². The molecular weight excluding hydrogens is 280 g/mol. The standard InChI is InChI=1S/C17H22N2OS/c1-13(2)11-18-12-14-10-16(8-9-19-14)20-15-4-6-17(21-3)7-5-15/h4-10,13,18H,11-12H2,1-3H3. The summed E-state index contributed by atoms with van der Waals surface area (Å²) in [5.74, 6) is 2.31. The average Bonchev–Trinajstić information content (AvgIpc) is 2.48. The van der Waals surface area contributed by atoms with Crippen LogP contribution in [0.25, 0.3) is 0 Å². The number of pyridine rings is 1. The molecule has 0 aliphatic rings. The van der Waals surface area contributed by atoms with Gasteiger partial charge in [-0.25, -0.2) is 0 Å². The first-order chi connectivity index (χ1) is 10.2. The fourth-order valence-electron chi connectivity index (χ4n) is 1.88. The van der Waals surface area contributed by atoms with E-state index < -0.39 is 0 Å². The predicted molar refractivity (Wildman–Crippen MR) is 89.1 cm³/mol. The Morgan fingerprint density at radius 3 is 2.57 bits per heavy atom. The van der Waals surface area contributed by atoms with Gasteiger partial charge < -0.3 is 10.1 Å². The van der Waals surface area contributed by atoms with E-state index in [0.717, 1.165) is 30.3 Å². The number of hydrogen-bond donors (Lipinski definition) is 1. The van der Waals surface area contributed by atoms with Gasteiger partial charge in [0.2, 0.25) is 0 Å². The molecule has 1 aromatic carbocycles. The molecule has 0 aliphatic heterocycles. The monoisotopic (exact) mass is 302 g/mol. The lowest BCUT2D eigenvalue weighted by Gasteiger charge is -2.09. The molecule has 21 heavy (non-hydrogen) atoms. The first-order valence-corrected chi connectivity index (χ1v) is 8.37. The van der Waals surface area contributed by atoms with Crippen LogP contribution in [-0.2, 0) is 6.54 Å². The summed E-state index contributed by atoms with van der Waals surface area (Å²) in [4.78, 5) is 5.59. The summed E-state index contributed by atoms with van der Waals surface area (Å²) >= 11 is 1.72. The van der Waals surface area contributed by atoms with Crippen LogP contribution in [0, 0.1) is 5.92 Å². The lowest BCUT2D eigenvalue weighted by atomic mass is 10.2. The normalized spacial score (nSPS) is 10.9. The zero-order chi connectivity index (χ0) is 15.1. The Morgan fingerprint density at radius 2 is 1.90 bits per heavy atom. The van der Waals surface area contributed by atoms with Gasteiger partial charge in [0.15, 0.2) is 0 Å². The molecule has 0 fully saturated rings. The van der Waals surface area contributed by atoms with Gasteiger partial charge in [-0.3, -0.25) is 4.98 Å². The average molecular weight is 302 g/mol. The van der Waals surface area contributed by atoms with Crippen LogP contribution in [0.2, 0.25) is 0 Å². The first kappa shape index (κ1) is 15.9. The van der Waals surface area contributed by atoms with Crippen LogP contribution < -0.4 is 10.1 Å². The second kappa shape index (κ2) is 8.05. The number of nitrogens with zero attached hydrogens (tertiary/aromatic N) is 1. The Labute approximate surface area is 131 Å². The summed E-state index contributed by atoms with van der Waals surface area (Å²) in [5.41, 5.74) is 0.994. The third-order valence-electron chi connectivity index (χ3n) is 2.94. The van der Waals surface area contributed by atoms with E-state index in [2.05, 4.69) is 42.5 Å². The molecule has 0 bridgehead atoms. The molecule has 112 valence electrons. The van der Waals surface area contributed by atoms with Crippen LogP contribution in [0.3, 0.4) is 0 Å². The molecule has 1 aromatic heterocycles. The van der Waals surface area contributed by atoms with Crippen molar-refractivity contribution in [1.29, 1.82) is 0 Å². The van der Waals surface area contributed by atoms with E-state index in [4.69, 9.17) is 4.74 Å². The van der Waals surface area contributed by atoms with Gasteiger partial charge in [0.25, 0.3) is 0 Å². The molecule has 0 atom stereocenters. The van der Waals surface area contributed by atoms with Crippen LogP contribution in [0.4, 0.5) is 0 Å². The molecule has 0 aliphatic carbocycles. The second-order valence-electron chi connectivity index (χ2n) is 5.29. The third kappa shape index (κ3) is 5.40. The fraction of sp³-hybridized carbons (Fsp3) is 0.353. The highest BCUT2D eigenvalue weighted by Gasteiger charge is 2.01. The van der Waals surface area contributed by atoms with E-state index in [1.807, 2.05) is 24.3 Å². The Morgan fingerprint density at radius 1 is 1.14 bits per heavy atom. The molecule has 0 unspecified atom stereocenters. The van der Waals surface area contributed by atoms with Gasteiger partial charge >= 0.3 is 0 Å². The minimum Gasteiger partial charge on any atom is -0.457 e. The molecule has 0 saturated carbocycles. The van der Waals surface area contributed by atoms with E-state index in [1.165, 1.54) is 4.90 Å². The molecular formula is C17H22N2OS. The Kier molecular flexibility index (Phi) is 6.08. The van der Waals surface area contributed by atoms with Crippen molar-refractivity contribution in [2.45, 2.75) is 25.3 Å². The molecule has 1 N–H and O–H groups in total. The van der Waals surface area contributed by atoms with Crippen LogP contribution in [-0.4, -0.2) is 17.8 Å². The van der Waals surface area contributed by atoms with E-state index in [0.29, 0.717) is 5.92 Å². The lowest BCUT2D eigenvalue weighted by Crippen LogP contribution is -2.19. The summed E-state index contributed by atoms with van der Waals surface area (Å²) in [6.07, 6.45) is 3.85. The molecule has 2 rings (SSSR count). The van der Waals surface area contributed by atoms with Gasteiger partial charge in [-0.1, -0.05) is 13.8 Å². The number of thioether (sulfide) groups is 1. The van der Waals surface area contributed by atoms with Crippen molar-refractivity contribution in [2.24, 2.45) is 5.92 Å². The summed E-state index contributed by atoms with van der Waals surface area (Å²) in [7, 11) is 0. The van der Waals surface area contributed by atoms with Crippen LogP contribution in [0.15, 0.2) is 47.5 Å². The van der Waals surface area contributed by atoms with Gasteiger partial charge in [-0.05, 0) is 49.1 Å². The molecule has 0 spiro atoms. The molecule has 4 heteroatoms. The summed E-state index contributed by atoms with van der Waals surface area (Å²) < 4.78 is 5.87. The van der Waals surface area contributed by atoms with Gasteiger partial charge in [0, 0.05) is 23.7 Å². The van der Waals surface area contributed by atoms with Crippen molar-refractivity contribution in [3.63, 3.8) is 0 Å². The predicted octanol–water partition coefficient (Wildman–Crippen LogP) is 4.34. The third-order valence-corrected chi connectivity index (χ3v) is 3.69. The van der Waals surface area contributed by atoms with E-state index >= 15 is 0 Å². The van der Waals surface area contributed by atoms with Crippen molar-refractivity contribution in [1.82, 2.24) is 10.3 Å². The molecule has 3 nitrogen and oxygen atoms in total. The summed E-state index contributed by atoms with van der Waals surface area (Å²) in [6.45, 7) is 6.14. The summed E-state index contributed by atoms with van der Waals surface area (Å²) in [5, 5.41) is 3.39. The van der Waals surface area contributed by atoms with Crippen molar-refractivity contribution in [2.75, 3.05) is 12.8 Å². The highest BCUT2D eigenvalue weighted by molar-refractivity contribution is 7.98. The van der Waals surface area contributed by atoms with Crippen molar-refractivity contribution in [3.05, 3.63) is 48.3 Å². The number of nitrogens with one attached hydrogen (secondary N) is 1. The highest BCUT2D eigenvalue weighted by Crippen LogP contribution is 2.24. The molecule has 0 saturated heterocycles. The number of benzene rings is 1. The maximum Gasteiger partial charge on any atom is 0.130 e. The summed E-state index contributed by atoms with van der Waals surface area (Å²) in [6, 6.07) is 12.0. The molecule has 2 aromatic rings. The van der Waals surface area contributed by atoms with Crippen LogP contribution in [0.5, 0.6) is 11.5 Å². The highest BCUT2D eigenvalue weighted by atomic mass is 32.2. The topological polar surface area (TPSA) is 34.1 Å². The van der Waals surface area contributed by atoms with Crippen LogP contribution in [0.1, 0.15) is 19.5 Å². The Balaban J connectivity index is 1.96. The van der Waals surface area contributed by atoms with Gasteiger partial charge in [-0.15, -0.1) is 11.8 Å². The fourth-order valence-corrected chi connectivity index (χ4v) is 2.29. The SMILES string of the molecule is CSc1ccc(Oc2ccnc(CNCC(C)C)c2)cc1. The number of ether oxygens (including phenoxy) is 1. The van der Waals surface area contributed by atoms with Crippen molar-refractivity contribution < 1.29 is 4.74 Å². The van der Waals surface area contributed by atoms with Gasteiger partial charge in [-0.2, -0.15) is 0 Å². The zero-order valence-electron chi connectivity index (χ0n) is 12.8. The Hall–Kier alpha value is -1.52. The minimum absolute atomic E-state index is 0.638. The van der Waals surface area contributed by atoms with Crippen molar-refractivity contribution >= 4 is 11.8 Å². The lowest BCUT2D eigenvalue weighted by molar-refractivity contribution is 0.479. The maximum absolute atomic E-state index is 5.87. The quantitative estimate of drug-likeness (QED) is 0.771. The zero-order valence-corrected chi connectivity index (χ0v) is 13.6. The molecule has 0 amide bonds. The number of rotatable bonds is 7. The number of hydrogen-bond acceptors (Lipinski definition) is 4. The minimum atomic E-state index is 0.638. The van der Waals surface area contributed by atoms with Crippen molar-refractivity contribution in [3.8, 4) is 11.5 Å². The molecule has 0 radical (unpaired) electrons. The Bertz CT molecular complexity index is 555.